The minimum Gasteiger partial charge on any atom is -0.337 e. The molecule has 0 radical (unpaired) electrons. The second-order valence-corrected chi connectivity index (χ2v) is 7.52. The molecule has 1 amide bonds. The van der Waals surface area contributed by atoms with Crippen molar-refractivity contribution in [2.24, 2.45) is 0 Å². The number of pyridine rings is 1. The summed E-state index contributed by atoms with van der Waals surface area (Å²) in [5.74, 6) is -0.659. The molecule has 11 heteroatoms. The van der Waals surface area contributed by atoms with E-state index in [9.17, 15) is 22.4 Å². The second-order valence-electron chi connectivity index (χ2n) is 7.52. The molecule has 0 atom stereocenters. The Morgan fingerprint density at radius 2 is 1.80 bits per heavy atom. The van der Waals surface area contributed by atoms with E-state index in [1.54, 1.807) is 25.3 Å². The van der Waals surface area contributed by atoms with Crippen LogP contribution in [0.25, 0.3) is 22.8 Å². The molecule has 0 aliphatic rings. The van der Waals surface area contributed by atoms with Crippen LogP contribution < -0.4 is 0 Å². The normalized spacial score (nSPS) is 11.5. The minimum absolute atomic E-state index is 0.0919. The summed E-state index contributed by atoms with van der Waals surface area (Å²) in [6, 6.07) is 10.7. The summed E-state index contributed by atoms with van der Waals surface area (Å²) >= 11 is 0. The number of likely N-dealkylation sites (N-methyl/N-ethyl adjacent to an activating group) is 1. The van der Waals surface area contributed by atoms with Gasteiger partial charge in [0.2, 0.25) is 0 Å². The molecule has 7 nitrogen and oxygen atoms in total. The van der Waals surface area contributed by atoms with E-state index in [1.807, 2.05) is 0 Å². The predicted molar refractivity (Wildman–Crippen MR) is 119 cm³/mol. The number of carbonyl (C=O) groups is 1. The Morgan fingerprint density at radius 1 is 1.03 bits per heavy atom. The number of nitrogens with zero attached hydrogens (tertiary/aromatic N) is 6. The van der Waals surface area contributed by atoms with E-state index in [-0.39, 0.29) is 30.0 Å². The maximum absolute atomic E-state index is 14.0. The van der Waals surface area contributed by atoms with Crippen LogP contribution in [0.4, 0.5) is 17.6 Å². The molecule has 0 aliphatic heterocycles. The van der Waals surface area contributed by atoms with E-state index in [4.69, 9.17) is 0 Å². The Kier molecular flexibility index (Phi) is 6.85. The number of benzene rings is 1. The lowest BCUT2D eigenvalue weighted by atomic mass is 10.0. The monoisotopic (exact) mass is 484 g/mol. The van der Waals surface area contributed by atoms with E-state index in [0.717, 1.165) is 12.1 Å². The minimum atomic E-state index is -4.55. The fourth-order valence-electron chi connectivity index (χ4n) is 3.48. The fourth-order valence-corrected chi connectivity index (χ4v) is 3.48. The molecule has 4 aromatic rings. The first-order chi connectivity index (χ1) is 16.8. The standard InChI is InChI=1S/C24H20F4N6O/c1-2-33(23(35)18-15-16(25)7-8-17(18)22-29-10-4-11-30-22)13-14-34-12-9-20(32-34)19-5-3-6-21(31-19)24(26,27)28/h3-12,15H,2,13-14H2,1H3. The molecule has 180 valence electrons. The van der Waals surface area contributed by atoms with Gasteiger partial charge in [0, 0.05) is 37.2 Å². The van der Waals surface area contributed by atoms with E-state index in [1.165, 1.54) is 46.2 Å². The lowest BCUT2D eigenvalue weighted by Gasteiger charge is -2.22. The van der Waals surface area contributed by atoms with Crippen molar-refractivity contribution in [3.63, 3.8) is 0 Å². The summed E-state index contributed by atoms with van der Waals surface area (Å²) in [4.78, 5) is 26.7. The van der Waals surface area contributed by atoms with Crippen LogP contribution in [-0.4, -0.2) is 48.6 Å². The SMILES string of the molecule is CCN(CCn1ccc(-c2cccc(C(F)(F)F)n2)n1)C(=O)c1cc(F)ccc1-c1ncccn1. The van der Waals surface area contributed by atoms with Gasteiger partial charge in [-0.15, -0.1) is 0 Å². The molecule has 0 saturated carbocycles. The first kappa shape index (κ1) is 24.0. The van der Waals surface area contributed by atoms with Crippen LogP contribution in [0.1, 0.15) is 23.0 Å². The molecule has 35 heavy (non-hydrogen) atoms. The number of hydrogen-bond donors (Lipinski definition) is 0. The summed E-state index contributed by atoms with van der Waals surface area (Å²) in [6.45, 7) is 2.63. The van der Waals surface area contributed by atoms with Crippen LogP contribution in [0, 0.1) is 5.82 Å². The highest BCUT2D eigenvalue weighted by Gasteiger charge is 2.32. The van der Waals surface area contributed by atoms with Crippen LogP contribution in [0.2, 0.25) is 0 Å². The van der Waals surface area contributed by atoms with Crippen molar-refractivity contribution in [3.05, 3.63) is 84.2 Å². The average Bonchev–Trinajstić information content (AvgIpc) is 3.33. The third-order valence-corrected chi connectivity index (χ3v) is 5.23. The average molecular weight is 484 g/mol. The zero-order valence-corrected chi connectivity index (χ0v) is 18.6. The molecular weight excluding hydrogens is 464 g/mol. The number of aromatic nitrogens is 5. The van der Waals surface area contributed by atoms with E-state index in [0.29, 0.717) is 17.9 Å². The van der Waals surface area contributed by atoms with E-state index in [2.05, 4.69) is 20.1 Å². The van der Waals surface area contributed by atoms with Crippen molar-refractivity contribution in [2.75, 3.05) is 13.1 Å². The largest absolute Gasteiger partial charge is 0.433 e. The maximum Gasteiger partial charge on any atom is 0.433 e. The Hall–Kier alpha value is -4.15. The molecule has 0 bridgehead atoms. The number of alkyl halides is 3. The van der Waals surface area contributed by atoms with Crippen molar-refractivity contribution in [1.29, 1.82) is 0 Å². The molecule has 0 fully saturated rings. The summed E-state index contributed by atoms with van der Waals surface area (Å²) in [7, 11) is 0. The predicted octanol–water partition coefficient (Wildman–Crippen LogP) is 4.72. The van der Waals surface area contributed by atoms with Crippen molar-refractivity contribution in [3.8, 4) is 22.8 Å². The van der Waals surface area contributed by atoms with Crippen molar-refractivity contribution in [2.45, 2.75) is 19.6 Å². The van der Waals surface area contributed by atoms with Crippen molar-refractivity contribution in [1.82, 2.24) is 29.6 Å². The number of hydrogen-bond acceptors (Lipinski definition) is 5. The molecule has 3 aromatic heterocycles. The Bertz CT molecular complexity index is 1320. The molecule has 0 spiro atoms. The Labute approximate surface area is 198 Å². The van der Waals surface area contributed by atoms with Gasteiger partial charge in [0.15, 0.2) is 5.82 Å². The van der Waals surface area contributed by atoms with Gasteiger partial charge in [0.05, 0.1) is 17.8 Å². The summed E-state index contributed by atoms with van der Waals surface area (Å²) < 4.78 is 54.4. The molecule has 3 heterocycles. The smallest absolute Gasteiger partial charge is 0.337 e. The summed E-state index contributed by atoms with van der Waals surface area (Å²) in [5, 5.41) is 4.29. The van der Waals surface area contributed by atoms with Gasteiger partial charge in [-0.1, -0.05) is 6.07 Å². The quantitative estimate of drug-likeness (QED) is 0.355. The Balaban J connectivity index is 1.51. The lowest BCUT2D eigenvalue weighted by Crippen LogP contribution is -2.34. The van der Waals surface area contributed by atoms with Gasteiger partial charge in [-0.25, -0.2) is 19.3 Å². The van der Waals surface area contributed by atoms with Crippen LogP contribution in [-0.2, 0) is 12.7 Å². The third kappa shape index (κ3) is 5.51. The van der Waals surface area contributed by atoms with Gasteiger partial charge in [0.25, 0.3) is 5.91 Å². The molecule has 0 N–H and O–H groups in total. The number of carbonyl (C=O) groups excluding carboxylic acids is 1. The zero-order chi connectivity index (χ0) is 25.0. The highest BCUT2D eigenvalue weighted by atomic mass is 19.4. The van der Waals surface area contributed by atoms with E-state index < -0.39 is 23.6 Å². The van der Waals surface area contributed by atoms with Gasteiger partial charge in [-0.2, -0.15) is 18.3 Å². The molecule has 4 rings (SSSR count). The zero-order valence-electron chi connectivity index (χ0n) is 18.6. The molecule has 0 unspecified atom stereocenters. The van der Waals surface area contributed by atoms with Gasteiger partial charge >= 0.3 is 6.18 Å². The van der Waals surface area contributed by atoms with Crippen molar-refractivity contribution < 1.29 is 22.4 Å². The summed E-state index contributed by atoms with van der Waals surface area (Å²) in [5.41, 5.74) is -0.0891. The Morgan fingerprint density at radius 3 is 2.51 bits per heavy atom. The fraction of sp³-hybridized carbons (Fsp3) is 0.208. The highest BCUT2D eigenvalue weighted by Crippen LogP contribution is 2.29. The second kappa shape index (κ2) is 10.00. The van der Waals surface area contributed by atoms with Gasteiger partial charge in [-0.05, 0) is 49.4 Å². The van der Waals surface area contributed by atoms with Gasteiger partial charge in [0.1, 0.15) is 17.2 Å². The van der Waals surface area contributed by atoms with Crippen LogP contribution in [0.5, 0.6) is 0 Å². The number of rotatable bonds is 7. The number of halogens is 4. The van der Waals surface area contributed by atoms with Crippen LogP contribution in [0.3, 0.4) is 0 Å². The highest BCUT2D eigenvalue weighted by molar-refractivity contribution is 6.00. The first-order valence-electron chi connectivity index (χ1n) is 10.7. The summed E-state index contributed by atoms with van der Waals surface area (Å²) in [6.07, 6.45) is 0.111. The van der Waals surface area contributed by atoms with Crippen LogP contribution >= 0.6 is 0 Å². The molecule has 1 aromatic carbocycles. The van der Waals surface area contributed by atoms with Gasteiger partial charge < -0.3 is 4.90 Å². The molecule has 0 aliphatic carbocycles. The maximum atomic E-state index is 14.0. The molecule has 0 saturated heterocycles. The van der Waals surface area contributed by atoms with Gasteiger partial charge in [-0.3, -0.25) is 9.48 Å². The van der Waals surface area contributed by atoms with Crippen LogP contribution in [0.15, 0.2) is 67.1 Å². The molecular formula is C24H20F4N6O. The third-order valence-electron chi connectivity index (χ3n) is 5.23. The topological polar surface area (TPSA) is 76.8 Å². The first-order valence-corrected chi connectivity index (χ1v) is 10.7. The number of amides is 1. The lowest BCUT2D eigenvalue weighted by molar-refractivity contribution is -0.141. The van der Waals surface area contributed by atoms with Crippen molar-refractivity contribution >= 4 is 5.91 Å². The van der Waals surface area contributed by atoms with E-state index >= 15 is 0 Å².